The van der Waals surface area contributed by atoms with Crippen LogP contribution in [0.1, 0.15) is 44.0 Å². The molecular formula is C18H24N4O4. The number of anilines is 1. The highest BCUT2D eigenvalue weighted by molar-refractivity contribution is 6.10. The maximum absolute atomic E-state index is 12.6. The quantitative estimate of drug-likeness (QED) is 0.637. The Kier molecular flexibility index (Phi) is 5.64. The molecule has 1 aromatic carbocycles. The van der Waals surface area contributed by atoms with Gasteiger partial charge >= 0.3 is 6.03 Å². The minimum atomic E-state index is -0.981. The highest BCUT2D eigenvalue weighted by atomic mass is 16.2. The van der Waals surface area contributed by atoms with Crippen LogP contribution in [0.15, 0.2) is 24.3 Å². The SMILES string of the molecule is CC(C)CCC1(C)NC(=O)N(CC(=O)Nc2ccc(C(N)=O)cc2)C1=O. The second-order valence-corrected chi connectivity index (χ2v) is 7.08. The Morgan fingerprint density at radius 1 is 1.23 bits per heavy atom. The number of carbonyl (C=O) groups is 4. The zero-order valence-electron chi connectivity index (χ0n) is 15.2. The lowest BCUT2D eigenvalue weighted by Gasteiger charge is -2.22. The number of benzene rings is 1. The average molecular weight is 360 g/mol. The van der Waals surface area contributed by atoms with E-state index in [1.54, 1.807) is 6.92 Å². The summed E-state index contributed by atoms with van der Waals surface area (Å²) in [5.74, 6) is -1.07. The molecule has 2 rings (SSSR count). The van der Waals surface area contributed by atoms with Crippen molar-refractivity contribution < 1.29 is 19.2 Å². The molecule has 1 aromatic rings. The summed E-state index contributed by atoms with van der Waals surface area (Å²) in [6.45, 7) is 5.38. The molecular weight excluding hydrogens is 336 g/mol. The van der Waals surface area contributed by atoms with E-state index in [1.807, 2.05) is 13.8 Å². The molecule has 5 amide bonds. The van der Waals surface area contributed by atoms with Crippen molar-refractivity contribution in [1.82, 2.24) is 10.2 Å². The van der Waals surface area contributed by atoms with E-state index >= 15 is 0 Å². The van der Waals surface area contributed by atoms with Crippen LogP contribution < -0.4 is 16.4 Å². The van der Waals surface area contributed by atoms with Gasteiger partial charge in [0.05, 0.1) is 0 Å². The molecule has 1 fully saturated rings. The summed E-state index contributed by atoms with van der Waals surface area (Å²) in [4.78, 5) is 48.8. The van der Waals surface area contributed by atoms with E-state index in [0.29, 0.717) is 23.6 Å². The molecule has 1 heterocycles. The van der Waals surface area contributed by atoms with E-state index in [4.69, 9.17) is 5.73 Å². The Labute approximate surface area is 152 Å². The van der Waals surface area contributed by atoms with E-state index in [1.165, 1.54) is 24.3 Å². The second kappa shape index (κ2) is 7.55. The zero-order valence-corrected chi connectivity index (χ0v) is 15.2. The first-order valence-electron chi connectivity index (χ1n) is 8.46. The van der Waals surface area contributed by atoms with Gasteiger partial charge in [0.25, 0.3) is 5.91 Å². The monoisotopic (exact) mass is 360 g/mol. The van der Waals surface area contributed by atoms with E-state index < -0.39 is 29.3 Å². The number of hydrogen-bond acceptors (Lipinski definition) is 4. The molecule has 26 heavy (non-hydrogen) atoms. The fourth-order valence-corrected chi connectivity index (χ4v) is 2.70. The topological polar surface area (TPSA) is 122 Å². The summed E-state index contributed by atoms with van der Waals surface area (Å²) < 4.78 is 0. The number of amides is 5. The molecule has 0 radical (unpaired) electrons. The van der Waals surface area contributed by atoms with Gasteiger partial charge in [-0.3, -0.25) is 19.3 Å². The molecule has 8 heteroatoms. The standard InChI is InChI=1S/C18H24N4O4/c1-11(2)8-9-18(3)16(25)22(17(26)21-18)10-14(23)20-13-6-4-12(5-7-13)15(19)24/h4-7,11H,8-10H2,1-3H3,(H2,19,24)(H,20,23)(H,21,26). The molecule has 140 valence electrons. The summed E-state index contributed by atoms with van der Waals surface area (Å²) >= 11 is 0. The summed E-state index contributed by atoms with van der Waals surface area (Å²) in [6, 6.07) is 5.44. The highest BCUT2D eigenvalue weighted by Gasteiger charge is 2.47. The van der Waals surface area contributed by atoms with Gasteiger partial charge in [0, 0.05) is 11.3 Å². The Bertz CT molecular complexity index is 729. The molecule has 4 N–H and O–H groups in total. The largest absolute Gasteiger partial charge is 0.366 e. The molecule has 1 atom stereocenters. The molecule has 0 aliphatic carbocycles. The number of imide groups is 1. The summed E-state index contributed by atoms with van der Waals surface area (Å²) in [5, 5.41) is 5.27. The number of hydrogen-bond donors (Lipinski definition) is 3. The first-order chi connectivity index (χ1) is 12.1. The van der Waals surface area contributed by atoms with Crippen LogP contribution in [0.25, 0.3) is 0 Å². The fraction of sp³-hybridized carbons (Fsp3) is 0.444. The fourth-order valence-electron chi connectivity index (χ4n) is 2.70. The third-order valence-electron chi connectivity index (χ3n) is 4.32. The van der Waals surface area contributed by atoms with E-state index in [0.717, 1.165) is 11.3 Å². The minimum Gasteiger partial charge on any atom is -0.366 e. The normalized spacial score (nSPS) is 19.6. The Hall–Kier alpha value is -2.90. The van der Waals surface area contributed by atoms with Gasteiger partial charge in [-0.1, -0.05) is 13.8 Å². The molecule has 1 aliphatic heterocycles. The predicted octanol–water partition coefficient (Wildman–Crippen LogP) is 1.47. The number of carbonyl (C=O) groups excluding carboxylic acids is 4. The van der Waals surface area contributed by atoms with Crippen molar-refractivity contribution in [3.05, 3.63) is 29.8 Å². The van der Waals surface area contributed by atoms with Crippen LogP contribution in [0, 0.1) is 5.92 Å². The van der Waals surface area contributed by atoms with Gasteiger partial charge in [-0.15, -0.1) is 0 Å². The molecule has 1 unspecified atom stereocenters. The molecule has 0 aromatic heterocycles. The van der Waals surface area contributed by atoms with Gasteiger partial charge in [-0.25, -0.2) is 4.79 Å². The van der Waals surface area contributed by atoms with E-state index in [-0.39, 0.29) is 6.54 Å². The predicted molar refractivity (Wildman–Crippen MR) is 96.3 cm³/mol. The number of urea groups is 1. The zero-order chi connectivity index (χ0) is 19.5. The van der Waals surface area contributed by atoms with Crippen LogP contribution >= 0.6 is 0 Å². The van der Waals surface area contributed by atoms with Crippen molar-refractivity contribution in [2.24, 2.45) is 11.7 Å². The maximum Gasteiger partial charge on any atom is 0.325 e. The number of primary amides is 1. The van der Waals surface area contributed by atoms with Gasteiger partial charge in [0.1, 0.15) is 12.1 Å². The lowest BCUT2D eigenvalue weighted by atomic mass is 9.92. The third kappa shape index (κ3) is 4.38. The van der Waals surface area contributed by atoms with E-state index in [9.17, 15) is 19.2 Å². The van der Waals surface area contributed by atoms with Crippen molar-refractivity contribution in [2.45, 2.75) is 39.2 Å². The molecule has 8 nitrogen and oxygen atoms in total. The Morgan fingerprint density at radius 3 is 2.38 bits per heavy atom. The molecule has 0 bridgehead atoms. The van der Waals surface area contributed by atoms with Crippen molar-refractivity contribution in [3.63, 3.8) is 0 Å². The first kappa shape index (κ1) is 19.4. The van der Waals surface area contributed by atoms with Crippen molar-refractivity contribution in [3.8, 4) is 0 Å². The van der Waals surface area contributed by atoms with Crippen molar-refractivity contribution >= 4 is 29.4 Å². The third-order valence-corrected chi connectivity index (χ3v) is 4.32. The van der Waals surface area contributed by atoms with Crippen LogP contribution in [-0.2, 0) is 9.59 Å². The van der Waals surface area contributed by atoms with Crippen LogP contribution in [-0.4, -0.2) is 40.7 Å². The number of rotatable bonds is 7. The van der Waals surface area contributed by atoms with Crippen LogP contribution in [0.4, 0.5) is 10.5 Å². The second-order valence-electron chi connectivity index (χ2n) is 7.08. The summed E-state index contributed by atoms with van der Waals surface area (Å²) in [6.07, 6.45) is 1.30. The van der Waals surface area contributed by atoms with Crippen LogP contribution in [0.2, 0.25) is 0 Å². The van der Waals surface area contributed by atoms with Gasteiger partial charge in [-0.2, -0.15) is 0 Å². The van der Waals surface area contributed by atoms with Gasteiger partial charge in [0.2, 0.25) is 11.8 Å². The molecule has 1 aliphatic rings. The summed E-state index contributed by atoms with van der Waals surface area (Å²) in [7, 11) is 0. The Balaban J connectivity index is 1.98. The average Bonchev–Trinajstić information content (AvgIpc) is 2.77. The molecule has 0 saturated carbocycles. The van der Waals surface area contributed by atoms with Gasteiger partial charge < -0.3 is 16.4 Å². The van der Waals surface area contributed by atoms with Gasteiger partial charge in [0.15, 0.2) is 0 Å². The lowest BCUT2D eigenvalue weighted by molar-refractivity contribution is -0.133. The van der Waals surface area contributed by atoms with Crippen molar-refractivity contribution in [2.75, 3.05) is 11.9 Å². The number of nitrogens with one attached hydrogen (secondary N) is 2. The minimum absolute atomic E-state index is 0.318. The van der Waals surface area contributed by atoms with Crippen LogP contribution in [0.3, 0.4) is 0 Å². The van der Waals surface area contributed by atoms with Crippen molar-refractivity contribution in [1.29, 1.82) is 0 Å². The first-order valence-corrected chi connectivity index (χ1v) is 8.46. The van der Waals surface area contributed by atoms with Gasteiger partial charge in [-0.05, 0) is 49.9 Å². The Morgan fingerprint density at radius 2 is 1.85 bits per heavy atom. The van der Waals surface area contributed by atoms with E-state index in [2.05, 4.69) is 10.6 Å². The molecule has 0 spiro atoms. The summed E-state index contributed by atoms with van der Waals surface area (Å²) in [5.41, 5.74) is 4.93. The smallest absolute Gasteiger partial charge is 0.325 e. The molecule has 1 saturated heterocycles. The number of nitrogens with two attached hydrogens (primary N) is 1. The highest BCUT2D eigenvalue weighted by Crippen LogP contribution is 2.24. The lowest BCUT2D eigenvalue weighted by Crippen LogP contribution is -2.44. The number of nitrogens with zero attached hydrogens (tertiary/aromatic N) is 1. The maximum atomic E-state index is 12.6. The van der Waals surface area contributed by atoms with Crippen LogP contribution in [0.5, 0.6) is 0 Å².